The molecule has 0 heterocycles. The summed E-state index contributed by atoms with van der Waals surface area (Å²) in [5.41, 5.74) is 6.23. The molecule has 0 bridgehead atoms. The normalized spacial score (nSPS) is 10.0. The Morgan fingerprint density at radius 1 is 1.00 bits per heavy atom. The van der Waals surface area contributed by atoms with Crippen molar-refractivity contribution in [2.45, 2.75) is 0 Å². The van der Waals surface area contributed by atoms with Gasteiger partial charge in [0, 0.05) is 5.69 Å². The molecule has 0 fully saturated rings. The van der Waals surface area contributed by atoms with Gasteiger partial charge in [-0.2, -0.15) is 0 Å². The summed E-state index contributed by atoms with van der Waals surface area (Å²) < 4.78 is 25.7. The van der Waals surface area contributed by atoms with Gasteiger partial charge in [0.1, 0.15) is 11.6 Å². The Bertz CT molecular complexity index is 617. The molecule has 98 valence electrons. The Hall–Kier alpha value is -2.63. The summed E-state index contributed by atoms with van der Waals surface area (Å²) in [6.45, 7) is 0. The number of halogens is 2. The van der Waals surface area contributed by atoms with Crippen LogP contribution in [0.4, 0.5) is 30.6 Å². The lowest BCUT2D eigenvalue weighted by atomic mass is 10.2. The lowest BCUT2D eigenvalue weighted by Crippen LogP contribution is -2.20. The van der Waals surface area contributed by atoms with Gasteiger partial charge in [-0.1, -0.05) is 6.07 Å². The van der Waals surface area contributed by atoms with Crippen LogP contribution in [0.2, 0.25) is 0 Å². The number of hydrogen-bond acceptors (Lipinski definition) is 2. The monoisotopic (exact) mass is 263 g/mol. The van der Waals surface area contributed by atoms with E-state index in [1.54, 1.807) is 0 Å². The fraction of sp³-hybridized carbons (Fsp3) is 0. The van der Waals surface area contributed by atoms with Crippen LogP contribution in [0.15, 0.2) is 42.5 Å². The number of hydrogen-bond donors (Lipinski definition) is 3. The highest BCUT2D eigenvalue weighted by Crippen LogP contribution is 2.19. The molecule has 2 aromatic carbocycles. The number of nitrogens with two attached hydrogens (primary N) is 1. The predicted molar refractivity (Wildman–Crippen MR) is 69.9 cm³/mol. The Labute approximate surface area is 108 Å². The fourth-order valence-electron chi connectivity index (χ4n) is 1.50. The molecule has 0 aliphatic heterocycles. The molecule has 2 aromatic rings. The van der Waals surface area contributed by atoms with Gasteiger partial charge < -0.3 is 16.4 Å². The molecule has 0 unspecified atom stereocenters. The standard InChI is InChI=1S/C13H11F2N3O/c14-8-2-1-3-10(6-8)17-13(19)18-12-5-4-9(15)7-11(12)16/h1-7H,16H2,(H2,17,18,19). The first-order valence-electron chi connectivity index (χ1n) is 5.43. The Morgan fingerprint density at radius 2 is 1.74 bits per heavy atom. The first-order valence-corrected chi connectivity index (χ1v) is 5.43. The van der Waals surface area contributed by atoms with Gasteiger partial charge in [0.15, 0.2) is 0 Å². The highest BCUT2D eigenvalue weighted by Gasteiger charge is 2.06. The van der Waals surface area contributed by atoms with Gasteiger partial charge in [-0.25, -0.2) is 13.6 Å². The molecule has 6 heteroatoms. The molecule has 4 N–H and O–H groups in total. The maximum absolute atomic E-state index is 12.9. The van der Waals surface area contributed by atoms with Crippen molar-refractivity contribution >= 4 is 23.1 Å². The smallest absolute Gasteiger partial charge is 0.323 e. The van der Waals surface area contributed by atoms with Crippen LogP contribution in [0, 0.1) is 11.6 Å². The van der Waals surface area contributed by atoms with Crippen molar-refractivity contribution in [2.24, 2.45) is 0 Å². The lowest BCUT2D eigenvalue weighted by Gasteiger charge is -2.09. The van der Waals surface area contributed by atoms with Crippen molar-refractivity contribution in [1.29, 1.82) is 0 Å². The van der Waals surface area contributed by atoms with Crippen LogP contribution < -0.4 is 16.4 Å². The maximum atomic E-state index is 12.9. The van der Waals surface area contributed by atoms with E-state index in [4.69, 9.17) is 5.73 Å². The topological polar surface area (TPSA) is 67.1 Å². The molecule has 2 rings (SSSR count). The molecule has 0 spiro atoms. The SMILES string of the molecule is Nc1cc(F)ccc1NC(=O)Nc1cccc(F)c1. The summed E-state index contributed by atoms with van der Waals surface area (Å²) >= 11 is 0. The van der Waals surface area contributed by atoms with Crippen molar-refractivity contribution in [1.82, 2.24) is 0 Å². The lowest BCUT2D eigenvalue weighted by molar-refractivity contribution is 0.262. The highest BCUT2D eigenvalue weighted by atomic mass is 19.1. The van der Waals surface area contributed by atoms with Crippen LogP contribution in [0.1, 0.15) is 0 Å². The van der Waals surface area contributed by atoms with Crippen molar-refractivity contribution in [3.05, 3.63) is 54.1 Å². The first kappa shape index (κ1) is 12.8. The number of carbonyl (C=O) groups is 1. The van der Waals surface area contributed by atoms with Crippen molar-refractivity contribution < 1.29 is 13.6 Å². The molecule has 19 heavy (non-hydrogen) atoms. The first-order chi connectivity index (χ1) is 9.04. The van der Waals surface area contributed by atoms with Gasteiger partial charge in [-0.3, -0.25) is 0 Å². The van der Waals surface area contributed by atoms with E-state index in [-0.39, 0.29) is 11.4 Å². The number of benzene rings is 2. The molecule has 0 aliphatic carbocycles. The minimum absolute atomic E-state index is 0.106. The number of nitrogens with one attached hydrogen (secondary N) is 2. The summed E-state index contributed by atoms with van der Waals surface area (Å²) in [7, 11) is 0. The van der Waals surface area contributed by atoms with Crippen molar-refractivity contribution in [3.8, 4) is 0 Å². The average Bonchev–Trinajstić information content (AvgIpc) is 2.33. The number of urea groups is 1. The third kappa shape index (κ3) is 3.41. The van der Waals surface area contributed by atoms with E-state index in [9.17, 15) is 13.6 Å². The molecule has 0 radical (unpaired) electrons. The predicted octanol–water partition coefficient (Wildman–Crippen LogP) is 3.19. The van der Waals surface area contributed by atoms with Gasteiger partial charge in [-0.05, 0) is 36.4 Å². The second-order valence-corrected chi connectivity index (χ2v) is 3.82. The van der Waals surface area contributed by atoms with Crippen molar-refractivity contribution in [2.75, 3.05) is 16.4 Å². The Kier molecular flexibility index (Phi) is 3.61. The molecular weight excluding hydrogens is 252 g/mol. The van der Waals surface area contributed by atoms with E-state index >= 15 is 0 Å². The van der Waals surface area contributed by atoms with E-state index in [1.807, 2.05) is 0 Å². The number of amides is 2. The third-order valence-electron chi connectivity index (χ3n) is 2.34. The molecule has 4 nitrogen and oxygen atoms in total. The van der Waals surface area contributed by atoms with E-state index in [0.29, 0.717) is 5.69 Å². The molecule has 0 aromatic heterocycles. The number of anilines is 3. The minimum Gasteiger partial charge on any atom is -0.397 e. The average molecular weight is 263 g/mol. The molecule has 0 saturated carbocycles. The molecule has 0 aliphatic rings. The van der Waals surface area contributed by atoms with Crippen LogP contribution in [-0.4, -0.2) is 6.03 Å². The summed E-state index contributed by atoms with van der Waals surface area (Å²) in [4.78, 5) is 11.6. The molecule has 0 saturated heterocycles. The molecule has 2 amide bonds. The van der Waals surface area contributed by atoms with E-state index in [0.717, 1.165) is 6.07 Å². The highest BCUT2D eigenvalue weighted by molar-refractivity contribution is 6.01. The maximum Gasteiger partial charge on any atom is 0.323 e. The van der Waals surface area contributed by atoms with E-state index < -0.39 is 17.7 Å². The molecular formula is C13H11F2N3O. The van der Waals surface area contributed by atoms with E-state index in [2.05, 4.69) is 10.6 Å². The summed E-state index contributed by atoms with van der Waals surface area (Å²) in [6, 6.07) is 8.47. The molecule has 0 atom stereocenters. The van der Waals surface area contributed by atoms with Crippen LogP contribution in [0.5, 0.6) is 0 Å². The summed E-state index contributed by atoms with van der Waals surface area (Å²) in [6.07, 6.45) is 0. The van der Waals surface area contributed by atoms with Gasteiger partial charge in [0.2, 0.25) is 0 Å². The van der Waals surface area contributed by atoms with Crippen LogP contribution in [0.3, 0.4) is 0 Å². The number of rotatable bonds is 2. The Balaban J connectivity index is 2.05. The minimum atomic E-state index is -0.594. The second kappa shape index (κ2) is 5.34. The van der Waals surface area contributed by atoms with Gasteiger partial charge in [0.25, 0.3) is 0 Å². The zero-order chi connectivity index (χ0) is 13.8. The van der Waals surface area contributed by atoms with Crippen LogP contribution >= 0.6 is 0 Å². The summed E-state index contributed by atoms with van der Waals surface area (Å²) in [5.74, 6) is -0.951. The zero-order valence-corrected chi connectivity index (χ0v) is 9.78. The largest absolute Gasteiger partial charge is 0.397 e. The van der Waals surface area contributed by atoms with Gasteiger partial charge in [-0.15, -0.1) is 0 Å². The van der Waals surface area contributed by atoms with Gasteiger partial charge >= 0.3 is 6.03 Å². The fourth-order valence-corrected chi connectivity index (χ4v) is 1.50. The van der Waals surface area contributed by atoms with Gasteiger partial charge in [0.05, 0.1) is 11.4 Å². The van der Waals surface area contributed by atoms with Crippen LogP contribution in [-0.2, 0) is 0 Å². The van der Waals surface area contributed by atoms with Crippen molar-refractivity contribution in [3.63, 3.8) is 0 Å². The summed E-state index contributed by atoms with van der Waals surface area (Å²) in [5, 5.41) is 4.87. The van der Waals surface area contributed by atoms with Crippen LogP contribution in [0.25, 0.3) is 0 Å². The Morgan fingerprint density at radius 3 is 2.42 bits per heavy atom. The number of carbonyl (C=O) groups excluding carboxylic acids is 1. The zero-order valence-electron chi connectivity index (χ0n) is 9.78. The second-order valence-electron chi connectivity index (χ2n) is 3.82. The van der Waals surface area contributed by atoms with E-state index in [1.165, 1.54) is 36.4 Å². The quantitative estimate of drug-likeness (QED) is 0.728. The number of nitrogen functional groups attached to an aromatic ring is 1. The third-order valence-corrected chi connectivity index (χ3v) is 2.34.